The van der Waals surface area contributed by atoms with E-state index in [9.17, 15) is 9.59 Å². The highest BCUT2D eigenvalue weighted by Gasteiger charge is 2.32. The van der Waals surface area contributed by atoms with E-state index in [1.807, 2.05) is 26.0 Å². The van der Waals surface area contributed by atoms with Crippen molar-refractivity contribution < 1.29 is 9.59 Å². The van der Waals surface area contributed by atoms with Crippen LogP contribution in [0, 0.1) is 19.8 Å². The minimum absolute atomic E-state index is 0.0293. The summed E-state index contributed by atoms with van der Waals surface area (Å²) in [4.78, 5) is 35.4. The highest BCUT2D eigenvalue weighted by molar-refractivity contribution is 8.14. The summed E-state index contributed by atoms with van der Waals surface area (Å²) in [7, 11) is 0. The summed E-state index contributed by atoms with van der Waals surface area (Å²) in [5, 5.41) is 7.49. The van der Waals surface area contributed by atoms with Crippen molar-refractivity contribution in [1.82, 2.24) is 25.1 Å². The Kier molecular flexibility index (Phi) is 5.34. The number of aromatic nitrogens is 4. The van der Waals surface area contributed by atoms with Gasteiger partial charge < -0.3 is 10.2 Å². The number of carbonyl (C=O) groups is 2. The van der Waals surface area contributed by atoms with Crippen molar-refractivity contribution in [2.24, 2.45) is 5.92 Å². The molecule has 2 aromatic rings. The molecule has 9 heteroatoms. The van der Waals surface area contributed by atoms with Crippen LogP contribution in [0.4, 0.5) is 5.82 Å². The molecule has 148 valence electrons. The van der Waals surface area contributed by atoms with Gasteiger partial charge in [0.2, 0.25) is 11.0 Å². The van der Waals surface area contributed by atoms with Crippen LogP contribution in [0.15, 0.2) is 18.5 Å². The molecule has 0 aromatic carbocycles. The maximum Gasteiger partial charge on any atom is 0.225 e. The summed E-state index contributed by atoms with van der Waals surface area (Å²) in [5.41, 5.74) is 1.95. The Morgan fingerprint density at radius 1 is 1.21 bits per heavy atom. The van der Waals surface area contributed by atoms with Crippen LogP contribution >= 0.6 is 11.8 Å². The van der Waals surface area contributed by atoms with Gasteiger partial charge in [-0.2, -0.15) is 5.10 Å². The van der Waals surface area contributed by atoms with Gasteiger partial charge in [0.15, 0.2) is 5.82 Å². The SMILES string of the molecule is Cc1cc(C)n(-c2cc(N3CCC[C@@H](C(=O)N[C@H]4CCSC4=O)C3)ncn2)n1. The lowest BCUT2D eigenvalue weighted by Gasteiger charge is -2.33. The van der Waals surface area contributed by atoms with E-state index in [2.05, 4.69) is 25.3 Å². The molecular weight excluding hydrogens is 376 g/mol. The van der Waals surface area contributed by atoms with Gasteiger partial charge >= 0.3 is 0 Å². The van der Waals surface area contributed by atoms with Crippen LogP contribution in [0.25, 0.3) is 5.82 Å². The Hall–Kier alpha value is -2.42. The second-order valence-corrected chi connectivity index (χ2v) is 8.48. The first kappa shape index (κ1) is 18.9. The molecule has 0 spiro atoms. The number of piperidine rings is 1. The molecule has 1 amide bonds. The molecule has 2 aromatic heterocycles. The van der Waals surface area contributed by atoms with E-state index in [0.29, 0.717) is 6.54 Å². The smallest absolute Gasteiger partial charge is 0.225 e. The van der Waals surface area contributed by atoms with E-state index in [-0.39, 0.29) is 23.0 Å². The quantitative estimate of drug-likeness (QED) is 0.834. The Bertz CT molecular complexity index is 898. The number of thioether (sulfide) groups is 1. The third kappa shape index (κ3) is 3.89. The van der Waals surface area contributed by atoms with E-state index in [0.717, 1.165) is 54.6 Å². The van der Waals surface area contributed by atoms with Crippen LogP contribution in [0.1, 0.15) is 30.7 Å². The number of anilines is 1. The first-order valence-corrected chi connectivity index (χ1v) is 10.6. The Balaban J connectivity index is 1.47. The third-order valence-corrected chi connectivity index (χ3v) is 6.24. The molecule has 2 aliphatic rings. The normalized spacial score (nSPS) is 22.5. The van der Waals surface area contributed by atoms with E-state index in [1.54, 1.807) is 11.0 Å². The van der Waals surface area contributed by atoms with Crippen LogP contribution in [-0.2, 0) is 9.59 Å². The van der Waals surface area contributed by atoms with Gasteiger partial charge in [0.05, 0.1) is 17.7 Å². The first-order valence-electron chi connectivity index (χ1n) is 9.59. The largest absolute Gasteiger partial charge is 0.356 e. The average molecular weight is 401 g/mol. The molecule has 0 saturated carbocycles. The van der Waals surface area contributed by atoms with Gasteiger partial charge in [0, 0.05) is 30.6 Å². The van der Waals surface area contributed by atoms with Crippen LogP contribution in [-0.4, -0.2) is 55.7 Å². The second-order valence-electron chi connectivity index (χ2n) is 7.38. The molecule has 0 unspecified atom stereocenters. The topological polar surface area (TPSA) is 93.0 Å². The van der Waals surface area contributed by atoms with Crippen molar-refractivity contribution >= 4 is 28.6 Å². The zero-order valence-corrected chi connectivity index (χ0v) is 16.9. The summed E-state index contributed by atoms with van der Waals surface area (Å²) in [5.74, 6) is 2.13. The summed E-state index contributed by atoms with van der Waals surface area (Å²) in [6.45, 7) is 5.38. The van der Waals surface area contributed by atoms with E-state index in [1.165, 1.54) is 11.8 Å². The number of nitrogens with one attached hydrogen (secondary N) is 1. The van der Waals surface area contributed by atoms with Crippen molar-refractivity contribution in [2.75, 3.05) is 23.7 Å². The van der Waals surface area contributed by atoms with Crippen molar-refractivity contribution in [1.29, 1.82) is 0 Å². The zero-order valence-electron chi connectivity index (χ0n) is 16.1. The average Bonchev–Trinajstić information content (AvgIpc) is 3.26. The van der Waals surface area contributed by atoms with E-state index >= 15 is 0 Å². The second kappa shape index (κ2) is 7.90. The molecule has 0 radical (unpaired) electrons. The number of hydrogen-bond donors (Lipinski definition) is 1. The third-order valence-electron chi connectivity index (χ3n) is 5.23. The maximum atomic E-state index is 12.7. The number of amides is 1. The highest BCUT2D eigenvalue weighted by atomic mass is 32.2. The maximum absolute atomic E-state index is 12.7. The van der Waals surface area contributed by atoms with Gasteiger partial charge in [0.25, 0.3) is 0 Å². The van der Waals surface area contributed by atoms with Gasteiger partial charge in [-0.25, -0.2) is 14.6 Å². The number of hydrogen-bond acceptors (Lipinski definition) is 7. The molecule has 8 nitrogen and oxygen atoms in total. The van der Waals surface area contributed by atoms with Crippen LogP contribution in [0.2, 0.25) is 0 Å². The van der Waals surface area contributed by atoms with E-state index < -0.39 is 0 Å². The Labute approximate surface area is 168 Å². The van der Waals surface area contributed by atoms with Crippen molar-refractivity contribution in [2.45, 2.75) is 39.2 Å². The number of rotatable bonds is 4. The van der Waals surface area contributed by atoms with Crippen LogP contribution in [0.5, 0.6) is 0 Å². The van der Waals surface area contributed by atoms with E-state index in [4.69, 9.17) is 0 Å². The minimum Gasteiger partial charge on any atom is -0.356 e. The Morgan fingerprint density at radius 3 is 2.75 bits per heavy atom. The van der Waals surface area contributed by atoms with Crippen molar-refractivity contribution in [3.8, 4) is 5.82 Å². The molecule has 0 aliphatic carbocycles. The van der Waals surface area contributed by atoms with Crippen LogP contribution < -0.4 is 10.2 Å². The fraction of sp³-hybridized carbons (Fsp3) is 0.526. The van der Waals surface area contributed by atoms with Gasteiger partial charge in [-0.3, -0.25) is 9.59 Å². The molecule has 4 heterocycles. The predicted molar refractivity (Wildman–Crippen MR) is 108 cm³/mol. The molecule has 4 rings (SSSR count). The summed E-state index contributed by atoms with van der Waals surface area (Å²) in [6.07, 6.45) is 4.00. The number of carbonyl (C=O) groups excluding carboxylic acids is 2. The molecule has 28 heavy (non-hydrogen) atoms. The lowest BCUT2D eigenvalue weighted by atomic mass is 9.96. The highest BCUT2D eigenvalue weighted by Crippen LogP contribution is 2.25. The fourth-order valence-corrected chi connectivity index (χ4v) is 4.74. The van der Waals surface area contributed by atoms with Crippen molar-refractivity contribution in [3.05, 3.63) is 29.8 Å². The zero-order chi connectivity index (χ0) is 19.7. The lowest BCUT2D eigenvalue weighted by molar-refractivity contribution is -0.128. The molecule has 2 fully saturated rings. The summed E-state index contributed by atoms with van der Waals surface area (Å²) < 4.78 is 1.80. The fourth-order valence-electron chi connectivity index (χ4n) is 3.80. The number of aryl methyl sites for hydroxylation is 2. The van der Waals surface area contributed by atoms with Crippen molar-refractivity contribution in [3.63, 3.8) is 0 Å². The summed E-state index contributed by atoms with van der Waals surface area (Å²) in [6, 6.07) is 3.59. The molecule has 2 atom stereocenters. The standard InChI is InChI=1S/C19H24N6O2S/c1-12-8-13(2)25(23-12)17-9-16(20-11-21-17)24-6-3-4-14(10-24)18(26)22-15-5-7-28-19(15)27/h8-9,11,14-15H,3-7,10H2,1-2H3,(H,22,26)/t14-,15+/m1/s1. The van der Waals surface area contributed by atoms with Gasteiger partial charge in [-0.05, 0) is 39.2 Å². The van der Waals surface area contributed by atoms with Gasteiger partial charge in [0.1, 0.15) is 12.1 Å². The lowest BCUT2D eigenvalue weighted by Crippen LogP contribution is -2.47. The Morgan fingerprint density at radius 2 is 2.04 bits per heavy atom. The minimum atomic E-state index is -0.329. The molecule has 1 N–H and O–H groups in total. The summed E-state index contributed by atoms with van der Waals surface area (Å²) >= 11 is 1.30. The van der Waals surface area contributed by atoms with Crippen LogP contribution in [0.3, 0.4) is 0 Å². The predicted octanol–water partition coefficient (Wildman–Crippen LogP) is 1.64. The van der Waals surface area contributed by atoms with Gasteiger partial charge in [-0.15, -0.1) is 0 Å². The molecular formula is C19H24N6O2S. The molecule has 2 saturated heterocycles. The first-order chi connectivity index (χ1) is 13.5. The monoisotopic (exact) mass is 400 g/mol. The number of nitrogens with zero attached hydrogens (tertiary/aromatic N) is 5. The molecule has 0 bridgehead atoms. The molecule has 2 aliphatic heterocycles. The van der Waals surface area contributed by atoms with Gasteiger partial charge in [-0.1, -0.05) is 11.8 Å².